The van der Waals surface area contributed by atoms with Crippen molar-refractivity contribution in [2.45, 2.75) is 0 Å². The molecule has 0 aliphatic rings. The number of nitrogen functional groups attached to an aromatic ring is 1. The van der Waals surface area contributed by atoms with Gasteiger partial charge in [-0.3, -0.25) is 0 Å². The summed E-state index contributed by atoms with van der Waals surface area (Å²) in [6.07, 6.45) is 0. The van der Waals surface area contributed by atoms with E-state index in [0.29, 0.717) is 0 Å². The van der Waals surface area contributed by atoms with Crippen molar-refractivity contribution >= 4 is 33.5 Å². The topological polar surface area (TPSA) is 92.8 Å². The van der Waals surface area contributed by atoms with E-state index in [9.17, 15) is 8.42 Å². The average molecular weight is 221 g/mol. The molecule has 3 N–H and O–H groups in total. The van der Waals surface area contributed by atoms with Gasteiger partial charge in [-0.05, 0) is 12.1 Å². The Morgan fingerprint density at radius 1 is 1.46 bits per heavy atom. The maximum Gasteiger partial charge on any atom is 0.316 e. The lowest BCUT2D eigenvalue weighted by Gasteiger charge is -2.01. The minimum Gasteiger partial charge on any atom is -0.506 e. The first-order chi connectivity index (χ1) is 6.02. The van der Waals surface area contributed by atoms with E-state index < -0.39 is 10.5 Å². The summed E-state index contributed by atoms with van der Waals surface area (Å²) < 4.78 is 23.5. The summed E-state index contributed by atoms with van der Waals surface area (Å²) in [6.45, 7) is 0. The van der Waals surface area contributed by atoms with Gasteiger partial charge in [0.2, 0.25) is 0 Å². The first-order valence-electron chi connectivity index (χ1n) is 3.10. The number of nitrogens with zero attached hydrogens (tertiary/aromatic N) is 1. The van der Waals surface area contributed by atoms with Crippen LogP contribution in [-0.2, 0) is 10.5 Å². The van der Waals surface area contributed by atoms with Gasteiger partial charge < -0.3 is 10.8 Å². The Bertz CT molecular complexity index is 461. The quantitative estimate of drug-likeness (QED) is 0.551. The van der Waals surface area contributed by atoms with Crippen LogP contribution in [-0.4, -0.2) is 13.5 Å². The highest BCUT2D eigenvalue weighted by Gasteiger charge is 2.07. The molecule has 0 unspecified atom stereocenters. The molecule has 70 valence electrons. The van der Waals surface area contributed by atoms with Crippen LogP contribution in [0.1, 0.15) is 0 Å². The van der Waals surface area contributed by atoms with Crippen molar-refractivity contribution < 1.29 is 13.5 Å². The molecule has 1 aromatic carbocycles. The van der Waals surface area contributed by atoms with Crippen LogP contribution < -0.4 is 5.73 Å². The summed E-state index contributed by atoms with van der Waals surface area (Å²) in [4.78, 5) is 0. The molecule has 1 aromatic rings. The highest BCUT2D eigenvalue weighted by atomic mass is 35.5. The number of hydrogen-bond donors (Lipinski definition) is 2. The Hall–Kier alpha value is -1.27. The monoisotopic (exact) mass is 220 g/mol. The zero-order valence-corrected chi connectivity index (χ0v) is 7.80. The second kappa shape index (κ2) is 3.63. The van der Waals surface area contributed by atoms with E-state index in [0.717, 1.165) is 0 Å². The molecule has 0 radical (unpaired) electrons. The van der Waals surface area contributed by atoms with E-state index >= 15 is 0 Å². The molecular weight excluding hydrogens is 216 g/mol. The summed E-state index contributed by atoms with van der Waals surface area (Å²) in [6, 6.07) is 2.47. The maximum absolute atomic E-state index is 10.2. The molecule has 0 heterocycles. The molecule has 13 heavy (non-hydrogen) atoms. The fourth-order valence-electron chi connectivity index (χ4n) is 0.722. The lowest BCUT2D eigenvalue weighted by atomic mass is 10.2. The number of phenols is 1. The summed E-state index contributed by atoms with van der Waals surface area (Å²) >= 11 is 5.59. The van der Waals surface area contributed by atoms with Gasteiger partial charge in [0.15, 0.2) is 0 Å². The molecule has 1 rings (SSSR count). The van der Waals surface area contributed by atoms with Crippen LogP contribution in [0, 0.1) is 0 Å². The summed E-state index contributed by atoms with van der Waals surface area (Å²) in [5, 5.41) is 8.97. The van der Waals surface area contributed by atoms with Crippen LogP contribution >= 0.6 is 11.6 Å². The molecule has 0 amide bonds. The van der Waals surface area contributed by atoms with Crippen LogP contribution in [0.2, 0.25) is 5.02 Å². The zero-order chi connectivity index (χ0) is 10.0. The molecule has 0 atom stereocenters. The Kier molecular flexibility index (Phi) is 2.74. The van der Waals surface area contributed by atoms with Crippen LogP contribution in [0.5, 0.6) is 5.75 Å². The van der Waals surface area contributed by atoms with Gasteiger partial charge in [-0.15, -0.1) is 4.36 Å². The number of anilines is 1. The standard InChI is InChI=1S/C6H5ClN2O3S/c7-5-3(9-13(11)12)1-2-4(10)6(5)8/h1-2,10H,8H2. The molecule has 0 aliphatic heterocycles. The lowest BCUT2D eigenvalue weighted by Crippen LogP contribution is -1.86. The van der Waals surface area contributed by atoms with Gasteiger partial charge in [0.1, 0.15) is 11.4 Å². The number of aromatic hydroxyl groups is 1. The second-order valence-corrected chi connectivity index (χ2v) is 3.13. The molecule has 0 saturated carbocycles. The summed E-state index contributed by atoms with van der Waals surface area (Å²) in [5.74, 6) is -0.208. The highest BCUT2D eigenvalue weighted by Crippen LogP contribution is 2.36. The van der Waals surface area contributed by atoms with E-state index in [2.05, 4.69) is 4.36 Å². The first-order valence-corrected chi connectivity index (χ1v) is 4.51. The van der Waals surface area contributed by atoms with Crippen molar-refractivity contribution in [1.29, 1.82) is 0 Å². The first kappa shape index (κ1) is 9.82. The van der Waals surface area contributed by atoms with Gasteiger partial charge in [0.05, 0.1) is 10.7 Å². The SMILES string of the molecule is Nc1c(O)ccc(N=S(=O)=O)c1Cl. The maximum atomic E-state index is 10.2. The summed E-state index contributed by atoms with van der Waals surface area (Å²) in [7, 11) is -2.59. The normalized spacial score (nSPS) is 9.62. The fourth-order valence-corrected chi connectivity index (χ4v) is 1.29. The molecule has 0 bridgehead atoms. The van der Waals surface area contributed by atoms with Crippen LogP contribution in [0.25, 0.3) is 0 Å². The molecule has 0 fully saturated rings. The number of phenolic OH excluding ortho intramolecular Hbond substituents is 1. The Balaban J connectivity index is 3.43. The molecule has 0 spiro atoms. The third-order valence-corrected chi connectivity index (χ3v) is 2.05. The second-order valence-electron chi connectivity index (χ2n) is 2.14. The number of nitrogens with two attached hydrogens (primary N) is 1. The van der Waals surface area contributed by atoms with E-state index in [1.165, 1.54) is 12.1 Å². The van der Waals surface area contributed by atoms with E-state index in [1.54, 1.807) is 0 Å². The lowest BCUT2D eigenvalue weighted by molar-refractivity contribution is 0.478. The zero-order valence-electron chi connectivity index (χ0n) is 6.23. The number of hydrogen-bond acceptors (Lipinski definition) is 5. The van der Waals surface area contributed by atoms with Crippen LogP contribution in [0.4, 0.5) is 11.4 Å². The van der Waals surface area contributed by atoms with Gasteiger partial charge in [0.25, 0.3) is 0 Å². The van der Waals surface area contributed by atoms with Crippen molar-refractivity contribution in [2.75, 3.05) is 5.73 Å². The summed E-state index contributed by atoms with van der Waals surface area (Å²) in [5.41, 5.74) is 5.23. The van der Waals surface area contributed by atoms with Crippen LogP contribution in [0.15, 0.2) is 16.5 Å². The van der Waals surface area contributed by atoms with Crippen LogP contribution in [0.3, 0.4) is 0 Å². The van der Waals surface area contributed by atoms with E-state index in [-0.39, 0.29) is 22.1 Å². The van der Waals surface area contributed by atoms with Gasteiger partial charge in [0, 0.05) is 0 Å². The molecule has 0 saturated heterocycles. The third kappa shape index (κ3) is 2.10. The smallest absolute Gasteiger partial charge is 0.316 e. The molecule has 0 aromatic heterocycles. The third-order valence-electron chi connectivity index (χ3n) is 1.31. The van der Waals surface area contributed by atoms with Gasteiger partial charge >= 0.3 is 10.5 Å². The van der Waals surface area contributed by atoms with E-state index in [1.807, 2.05) is 0 Å². The van der Waals surface area contributed by atoms with Gasteiger partial charge in [-0.2, -0.15) is 8.42 Å². The van der Waals surface area contributed by atoms with Gasteiger partial charge in [-0.1, -0.05) is 11.6 Å². The molecule has 7 heteroatoms. The van der Waals surface area contributed by atoms with E-state index in [4.69, 9.17) is 22.4 Å². The molecule has 0 aliphatic carbocycles. The van der Waals surface area contributed by atoms with Crippen molar-refractivity contribution in [3.63, 3.8) is 0 Å². The number of halogens is 1. The fraction of sp³-hybridized carbons (Fsp3) is 0. The predicted molar refractivity (Wildman–Crippen MR) is 48.5 cm³/mol. The number of rotatable bonds is 1. The highest BCUT2D eigenvalue weighted by molar-refractivity contribution is 7.61. The van der Waals surface area contributed by atoms with Gasteiger partial charge in [-0.25, -0.2) is 0 Å². The van der Waals surface area contributed by atoms with Crippen molar-refractivity contribution in [2.24, 2.45) is 4.36 Å². The Labute approximate surface area is 80.5 Å². The minimum absolute atomic E-state index is 0.00491. The van der Waals surface area contributed by atoms with Crippen molar-refractivity contribution in [3.05, 3.63) is 17.2 Å². The molecular formula is C6H5ClN2O3S. The predicted octanol–water partition coefficient (Wildman–Crippen LogP) is 1.32. The average Bonchev–Trinajstić information content (AvgIpc) is 2.06. The van der Waals surface area contributed by atoms with Crippen molar-refractivity contribution in [3.8, 4) is 5.75 Å². The van der Waals surface area contributed by atoms with Crippen molar-refractivity contribution in [1.82, 2.24) is 0 Å². The number of benzene rings is 1. The minimum atomic E-state index is -2.59. The Morgan fingerprint density at radius 3 is 2.62 bits per heavy atom. The Morgan fingerprint density at radius 2 is 2.08 bits per heavy atom. The largest absolute Gasteiger partial charge is 0.506 e. The molecule has 5 nitrogen and oxygen atoms in total.